The summed E-state index contributed by atoms with van der Waals surface area (Å²) in [4.78, 5) is 19.1. The van der Waals surface area contributed by atoms with Crippen molar-refractivity contribution in [3.63, 3.8) is 0 Å². The molecule has 0 radical (unpaired) electrons. The number of amides is 1. The zero-order valence-electron chi connectivity index (χ0n) is 17.3. The Morgan fingerprint density at radius 1 is 1.37 bits per heavy atom. The van der Waals surface area contributed by atoms with E-state index in [4.69, 9.17) is 8.83 Å². The summed E-state index contributed by atoms with van der Waals surface area (Å²) in [6, 6.07) is 7.34. The van der Waals surface area contributed by atoms with E-state index in [0.717, 1.165) is 35.6 Å². The van der Waals surface area contributed by atoms with E-state index in [0.29, 0.717) is 28.5 Å². The average molecular weight is 489 g/mol. The van der Waals surface area contributed by atoms with Crippen molar-refractivity contribution in [1.82, 2.24) is 5.32 Å². The third-order valence-electron chi connectivity index (χ3n) is 5.60. The molecular formula is C23H25BrN2O3S. The number of aliphatic imine (C=N–C) groups is 1. The first-order valence-electron chi connectivity index (χ1n) is 10.1. The zero-order valence-corrected chi connectivity index (χ0v) is 19.7. The van der Waals surface area contributed by atoms with Gasteiger partial charge in [-0.15, -0.1) is 11.3 Å². The molecule has 0 saturated heterocycles. The van der Waals surface area contributed by atoms with Gasteiger partial charge in [0.25, 0.3) is 5.91 Å². The number of carbonyl (C=O) groups is 1. The van der Waals surface area contributed by atoms with Crippen LogP contribution in [0.3, 0.4) is 0 Å². The van der Waals surface area contributed by atoms with E-state index in [-0.39, 0.29) is 11.3 Å². The monoisotopic (exact) mass is 488 g/mol. The second-order valence-electron chi connectivity index (χ2n) is 8.65. The van der Waals surface area contributed by atoms with Crippen LogP contribution in [0.25, 0.3) is 0 Å². The second kappa shape index (κ2) is 8.55. The lowest BCUT2D eigenvalue weighted by Crippen LogP contribution is -2.28. The number of nitrogens with one attached hydrogen (secondary N) is 1. The van der Waals surface area contributed by atoms with Gasteiger partial charge in [0, 0.05) is 4.88 Å². The van der Waals surface area contributed by atoms with E-state index < -0.39 is 0 Å². The van der Waals surface area contributed by atoms with Gasteiger partial charge >= 0.3 is 0 Å². The molecule has 3 aromatic rings. The summed E-state index contributed by atoms with van der Waals surface area (Å²) in [6.07, 6.45) is 6.26. The van der Waals surface area contributed by atoms with Crippen LogP contribution in [0.4, 0.5) is 5.00 Å². The molecule has 7 heteroatoms. The molecule has 3 aromatic heterocycles. The smallest absolute Gasteiger partial charge is 0.255 e. The molecule has 0 bridgehead atoms. The number of rotatable bonds is 5. The minimum atomic E-state index is -0.106. The zero-order chi connectivity index (χ0) is 21.3. The van der Waals surface area contributed by atoms with Crippen LogP contribution in [0.2, 0.25) is 0 Å². The third kappa shape index (κ3) is 4.62. The Kier molecular flexibility index (Phi) is 6.02. The second-order valence-corrected chi connectivity index (χ2v) is 10.5. The maximum Gasteiger partial charge on any atom is 0.255 e. The molecule has 1 atom stereocenters. The van der Waals surface area contributed by atoms with Crippen molar-refractivity contribution in [2.45, 2.75) is 46.6 Å². The highest BCUT2D eigenvalue weighted by Crippen LogP contribution is 2.45. The Morgan fingerprint density at radius 3 is 2.87 bits per heavy atom. The Balaban J connectivity index is 1.64. The van der Waals surface area contributed by atoms with Crippen molar-refractivity contribution in [2.24, 2.45) is 16.3 Å². The molecule has 5 nitrogen and oxygen atoms in total. The molecule has 0 aliphatic heterocycles. The molecule has 0 fully saturated rings. The van der Waals surface area contributed by atoms with Gasteiger partial charge in [-0.3, -0.25) is 4.79 Å². The Bertz CT molecular complexity index is 1060. The summed E-state index contributed by atoms with van der Waals surface area (Å²) in [5, 5.41) is 3.73. The number of hydrogen-bond donors (Lipinski definition) is 1. The fourth-order valence-electron chi connectivity index (χ4n) is 3.82. The van der Waals surface area contributed by atoms with Crippen molar-refractivity contribution in [3.8, 4) is 0 Å². The van der Waals surface area contributed by atoms with E-state index in [1.807, 2.05) is 24.3 Å². The van der Waals surface area contributed by atoms with Crippen LogP contribution in [-0.2, 0) is 19.4 Å². The molecule has 4 rings (SSSR count). The first-order chi connectivity index (χ1) is 14.3. The third-order valence-corrected chi connectivity index (χ3v) is 7.19. The van der Waals surface area contributed by atoms with Gasteiger partial charge in [0.2, 0.25) is 0 Å². The Morgan fingerprint density at radius 2 is 2.20 bits per heavy atom. The van der Waals surface area contributed by atoms with E-state index in [2.05, 4.69) is 47.0 Å². The molecule has 1 aliphatic rings. The Hall–Kier alpha value is -2.12. The highest BCUT2D eigenvalue weighted by Gasteiger charge is 2.33. The standard InChI is InChI=1S/C23H25BrN2O3S/c1-23(2,3)14-6-8-17-18(11-14)30-22(26-13-16-7-9-19(24)29-16)20(17)21(27)25-12-15-5-4-10-28-15/h4-5,7,9-10,13-14H,6,8,11-12H2,1-3H3,(H,25,27)/t14-/m1/s1. The van der Waals surface area contributed by atoms with Crippen LogP contribution < -0.4 is 5.32 Å². The van der Waals surface area contributed by atoms with Crippen LogP contribution in [0.5, 0.6) is 0 Å². The summed E-state index contributed by atoms with van der Waals surface area (Å²) < 4.78 is 11.5. The van der Waals surface area contributed by atoms with Crippen LogP contribution >= 0.6 is 27.3 Å². The van der Waals surface area contributed by atoms with Crippen molar-refractivity contribution >= 4 is 44.4 Å². The largest absolute Gasteiger partial charge is 0.467 e. The van der Waals surface area contributed by atoms with Crippen molar-refractivity contribution in [1.29, 1.82) is 0 Å². The van der Waals surface area contributed by atoms with Gasteiger partial charge in [-0.25, -0.2) is 4.99 Å². The summed E-state index contributed by atoms with van der Waals surface area (Å²) >= 11 is 4.93. The lowest BCUT2D eigenvalue weighted by atomic mass is 9.72. The number of thiophene rings is 1. The summed E-state index contributed by atoms with van der Waals surface area (Å²) in [5.74, 6) is 1.86. The van der Waals surface area contributed by atoms with E-state index in [1.165, 1.54) is 4.88 Å². The minimum absolute atomic E-state index is 0.106. The number of hydrogen-bond acceptors (Lipinski definition) is 5. The molecule has 0 spiro atoms. The van der Waals surface area contributed by atoms with Gasteiger partial charge in [0.1, 0.15) is 16.5 Å². The van der Waals surface area contributed by atoms with Gasteiger partial charge in [0.15, 0.2) is 4.67 Å². The molecule has 3 heterocycles. The van der Waals surface area contributed by atoms with Gasteiger partial charge in [-0.05, 0) is 76.4 Å². The van der Waals surface area contributed by atoms with Crippen LogP contribution in [0, 0.1) is 11.3 Å². The van der Waals surface area contributed by atoms with E-state index in [1.54, 1.807) is 23.8 Å². The molecular weight excluding hydrogens is 464 g/mol. The fourth-order valence-corrected chi connectivity index (χ4v) is 5.41. The summed E-state index contributed by atoms with van der Waals surface area (Å²) in [5.41, 5.74) is 2.08. The molecule has 30 heavy (non-hydrogen) atoms. The van der Waals surface area contributed by atoms with Crippen molar-refractivity contribution in [2.75, 3.05) is 0 Å². The van der Waals surface area contributed by atoms with Crippen molar-refractivity contribution in [3.05, 3.63) is 62.7 Å². The quantitative estimate of drug-likeness (QED) is 0.415. The van der Waals surface area contributed by atoms with E-state index in [9.17, 15) is 4.79 Å². The topological polar surface area (TPSA) is 67.7 Å². The lowest BCUT2D eigenvalue weighted by Gasteiger charge is -2.33. The maximum absolute atomic E-state index is 13.1. The highest BCUT2D eigenvalue weighted by molar-refractivity contribution is 9.10. The fraction of sp³-hybridized carbons (Fsp3) is 0.391. The molecule has 158 valence electrons. The molecule has 0 unspecified atom stereocenters. The van der Waals surface area contributed by atoms with Gasteiger partial charge in [0.05, 0.1) is 24.6 Å². The Labute approximate surface area is 188 Å². The molecule has 1 N–H and O–H groups in total. The molecule has 0 saturated carbocycles. The minimum Gasteiger partial charge on any atom is -0.467 e. The lowest BCUT2D eigenvalue weighted by molar-refractivity contribution is 0.0947. The first-order valence-corrected chi connectivity index (χ1v) is 11.7. The molecule has 1 amide bonds. The number of halogens is 1. The maximum atomic E-state index is 13.1. The number of carbonyl (C=O) groups excluding carboxylic acids is 1. The number of nitrogens with zero attached hydrogens (tertiary/aromatic N) is 1. The molecule has 0 aromatic carbocycles. The molecule has 1 aliphatic carbocycles. The number of fused-ring (bicyclic) bond motifs is 1. The highest BCUT2D eigenvalue weighted by atomic mass is 79.9. The van der Waals surface area contributed by atoms with Gasteiger partial charge in [-0.2, -0.15) is 0 Å². The first kappa shape index (κ1) is 21.1. The van der Waals surface area contributed by atoms with Gasteiger partial charge < -0.3 is 14.2 Å². The predicted molar refractivity (Wildman–Crippen MR) is 123 cm³/mol. The average Bonchev–Trinajstić information content (AvgIpc) is 3.42. The van der Waals surface area contributed by atoms with Crippen molar-refractivity contribution < 1.29 is 13.6 Å². The summed E-state index contributed by atoms with van der Waals surface area (Å²) in [7, 11) is 0. The summed E-state index contributed by atoms with van der Waals surface area (Å²) in [6.45, 7) is 7.23. The van der Waals surface area contributed by atoms with Crippen LogP contribution in [-0.4, -0.2) is 12.1 Å². The van der Waals surface area contributed by atoms with Crippen LogP contribution in [0.1, 0.15) is 59.5 Å². The van der Waals surface area contributed by atoms with E-state index >= 15 is 0 Å². The SMILES string of the molecule is CC(C)(C)[C@@H]1CCc2c(sc(N=Cc3ccc(Br)o3)c2C(=O)NCc2ccco2)C1. The normalized spacial score (nSPS) is 16.7. The van der Waals surface area contributed by atoms with Crippen LogP contribution in [0.15, 0.2) is 49.0 Å². The van der Waals surface area contributed by atoms with Gasteiger partial charge in [-0.1, -0.05) is 20.8 Å². The predicted octanol–water partition coefficient (Wildman–Crippen LogP) is 6.53. The number of furan rings is 2.